The van der Waals surface area contributed by atoms with Crippen LogP contribution in [0.2, 0.25) is 0 Å². The summed E-state index contributed by atoms with van der Waals surface area (Å²) >= 11 is 0. The van der Waals surface area contributed by atoms with Crippen molar-refractivity contribution in [3.8, 4) is 0 Å². The summed E-state index contributed by atoms with van der Waals surface area (Å²) < 4.78 is 5.54. The lowest BCUT2D eigenvalue weighted by Crippen LogP contribution is -2.35. The van der Waals surface area contributed by atoms with Crippen molar-refractivity contribution in [3.05, 3.63) is 23.7 Å². The third kappa shape index (κ3) is 2.83. The quantitative estimate of drug-likeness (QED) is 0.827. The molecule has 2 N–H and O–H groups in total. The molecule has 1 fully saturated rings. The average molecular weight is 208 g/mol. The number of rotatable bonds is 3. The Balaban J connectivity index is 1.88. The largest absolute Gasteiger partial charge is 0.465 e. The molecular weight excluding hydrogens is 188 g/mol. The summed E-state index contributed by atoms with van der Waals surface area (Å²) in [7, 11) is 0. The van der Waals surface area contributed by atoms with E-state index >= 15 is 0 Å². The highest BCUT2D eigenvalue weighted by molar-refractivity contribution is 5.09. The van der Waals surface area contributed by atoms with Gasteiger partial charge < -0.3 is 15.1 Å². The highest BCUT2D eigenvalue weighted by Gasteiger charge is 2.16. The summed E-state index contributed by atoms with van der Waals surface area (Å²) in [6.45, 7) is 5.25. The summed E-state index contributed by atoms with van der Waals surface area (Å²) in [6.07, 6.45) is 3.99. The van der Waals surface area contributed by atoms with Crippen molar-refractivity contribution in [2.75, 3.05) is 19.6 Å². The Bertz CT molecular complexity index is 302. The van der Waals surface area contributed by atoms with Crippen molar-refractivity contribution < 1.29 is 4.42 Å². The van der Waals surface area contributed by atoms with Gasteiger partial charge in [-0.3, -0.25) is 0 Å². The number of hydrogen-bond donors (Lipinski definition) is 1. The van der Waals surface area contributed by atoms with Gasteiger partial charge in [0.15, 0.2) is 0 Å². The van der Waals surface area contributed by atoms with E-state index in [1.807, 2.05) is 19.1 Å². The molecule has 2 rings (SSSR count). The summed E-state index contributed by atoms with van der Waals surface area (Å²) in [5.41, 5.74) is 6.10. The van der Waals surface area contributed by atoms with Crippen LogP contribution in [0.3, 0.4) is 0 Å². The number of hydrogen-bond acceptors (Lipinski definition) is 3. The zero-order valence-corrected chi connectivity index (χ0v) is 9.41. The third-order valence-electron chi connectivity index (χ3n) is 3.03. The summed E-state index contributed by atoms with van der Waals surface area (Å²) in [4.78, 5) is 2.44. The van der Waals surface area contributed by atoms with Crippen molar-refractivity contribution in [2.24, 2.45) is 5.73 Å². The van der Waals surface area contributed by atoms with E-state index in [-0.39, 0.29) is 6.04 Å². The van der Waals surface area contributed by atoms with Crippen LogP contribution in [-0.2, 0) is 0 Å². The molecule has 1 aliphatic rings. The van der Waals surface area contributed by atoms with Gasteiger partial charge in [-0.25, -0.2) is 0 Å². The Hall–Kier alpha value is -0.800. The summed E-state index contributed by atoms with van der Waals surface area (Å²) in [5, 5.41) is 0. The number of piperidine rings is 1. The molecule has 0 saturated carbocycles. The number of likely N-dealkylation sites (tertiary alicyclic amines) is 1. The highest BCUT2D eigenvalue weighted by atomic mass is 16.3. The molecule has 0 spiro atoms. The van der Waals surface area contributed by atoms with Gasteiger partial charge in [0.2, 0.25) is 0 Å². The zero-order valence-electron chi connectivity index (χ0n) is 9.41. The van der Waals surface area contributed by atoms with E-state index in [0.29, 0.717) is 0 Å². The number of nitrogens with two attached hydrogens (primary N) is 1. The first kappa shape index (κ1) is 10.7. The average Bonchev–Trinajstić information content (AvgIpc) is 2.66. The second-order valence-corrected chi connectivity index (χ2v) is 4.42. The molecule has 0 radical (unpaired) electrons. The van der Waals surface area contributed by atoms with Gasteiger partial charge in [0.1, 0.15) is 11.5 Å². The van der Waals surface area contributed by atoms with Crippen LogP contribution in [0.5, 0.6) is 0 Å². The molecule has 3 nitrogen and oxygen atoms in total. The van der Waals surface area contributed by atoms with Gasteiger partial charge in [0, 0.05) is 6.54 Å². The minimum absolute atomic E-state index is 0.0248. The fourth-order valence-corrected chi connectivity index (χ4v) is 2.16. The Morgan fingerprint density at radius 3 is 2.67 bits per heavy atom. The van der Waals surface area contributed by atoms with E-state index in [0.717, 1.165) is 18.1 Å². The lowest BCUT2D eigenvalue weighted by atomic mass is 10.1. The molecule has 84 valence electrons. The topological polar surface area (TPSA) is 42.4 Å². The lowest BCUT2D eigenvalue weighted by Gasteiger charge is -2.28. The molecule has 0 bridgehead atoms. The smallest absolute Gasteiger partial charge is 0.122 e. The number of furan rings is 1. The Morgan fingerprint density at radius 2 is 2.07 bits per heavy atom. The Labute approximate surface area is 91.2 Å². The molecule has 3 heteroatoms. The number of aryl methyl sites for hydroxylation is 1. The van der Waals surface area contributed by atoms with Crippen LogP contribution in [0.25, 0.3) is 0 Å². The first-order valence-electron chi connectivity index (χ1n) is 5.80. The minimum atomic E-state index is 0.0248. The molecule has 0 amide bonds. The normalized spacial score (nSPS) is 20.4. The molecule has 1 aromatic heterocycles. The van der Waals surface area contributed by atoms with Crippen LogP contribution in [0.1, 0.15) is 36.8 Å². The van der Waals surface area contributed by atoms with E-state index in [9.17, 15) is 0 Å². The van der Waals surface area contributed by atoms with Crippen molar-refractivity contribution in [3.63, 3.8) is 0 Å². The first-order chi connectivity index (χ1) is 7.25. The van der Waals surface area contributed by atoms with Gasteiger partial charge in [-0.15, -0.1) is 0 Å². The molecular formula is C12H20N2O. The summed E-state index contributed by atoms with van der Waals surface area (Å²) in [5.74, 6) is 1.86. The second-order valence-electron chi connectivity index (χ2n) is 4.42. The van der Waals surface area contributed by atoms with Crippen LogP contribution >= 0.6 is 0 Å². The zero-order chi connectivity index (χ0) is 10.7. The van der Waals surface area contributed by atoms with Crippen molar-refractivity contribution >= 4 is 0 Å². The third-order valence-corrected chi connectivity index (χ3v) is 3.03. The van der Waals surface area contributed by atoms with E-state index < -0.39 is 0 Å². The molecule has 1 saturated heterocycles. The highest BCUT2D eigenvalue weighted by Crippen LogP contribution is 2.17. The van der Waals surface area contributed by atoms with Crippen molar-refractivity contribution in [1.29, 1.82) is 0 Å². The van der Waals surface area contributed by atoms with E-state index in [1.54, 1.807) is 0 Å². The fourth-order valence-electron chi connectivity index (χ4n) is 2.16. The Morgan fingerprint density at radius 1 is 1.33 bits per heavy atom. The minimum Gasteiger partial charge on any atom is -0.465 e. The van der Waals surface area contributed by atoms with Crippen LogP contribution in [-0.4, -0.2) is 24.5 Å². The molecule has 2 heterocycles. The molecule has 1 atom stereocenters. The SMILES string of the molecule is Cc1ccc(C(N)CN2CCCCC2)o1. The molecule has 15 heavy (non-hydrogen) atoms. The lowest BCUT2D eigenvalue weighted by molar-refractivity contribution is 0.209. The van der Waals surface area contributed by atoms with Crippen LogP contribution < -0.4 is 5.73 Å². The van der Waals surface area contributed by atoms with Crippen molar-refractivity contribution in [1.82, 2.24) is 4.90 Å². The van der Waals surface area contributed by atoms with Crippen LogP contribution in [0.15, 0.2) is 16.5 Å². The van der Waals surface area contributed by atoms with Gasteiger partial charge in [-0.2, -0.15) is 0 Å². The maximum Gasteiger partial charge on any atom is 0.122 e. The van der Waals surface area contributed by atoms with Gasteiger partial charge in [0.05, 0.1) is 6.04 Å². The van der Waals surface area contributed by atoms with E-state index in [2.05, 4.69) is 4.90 Å². The molecule has 0 aromatic carbocycles. The Kier molecular flexibility index (Phi) is 3.44. The van der Waals surface area contributed by atoms with Gasteiger partial charge in [-0.05, 0) is 45.0 Å². The monoisotopic (exact) mass is 208 g/mol. The molecule has 1 aliphatic heterocycles. The predicted octanol–water partition coefficient (Wildman–Crippen LogP) is 2.07. The maximum absolute atomic E-state index is 6.10. The van der Waals surface area contributed by atoms with Gasteiger partial charge in [0.25, 0.3) is 0 Å². The molecule has 1 unspecified atom stereocenters. The second kappa shape index (κ2) is 4.81. The van der Waals surface area contributed by atoms with Crippen LogP contribution in [0.4, 0.5) is 0 Å². The fraction of sp³-hybridized carbons (Fsp3) is 0.667. The van der Waals surface area contributed by atoms with Crippen molar-refractivity contribution in [2.45, 2.75) is 32.2 Å². The summed E-state index contributed by atoms with van der Waals surface area (Å²) in [6, 6.07) is 3.99. The predicted molar refractivity (Wildman–Crippen MR) is 60.7 cm³/mol. The molecule has 1 aromatic rings. The standard InChI is InChI=1S/C12H20N2O/c1-10-5-6-12(15-10)11(13)9-14-7-3-2-4-8-14/h5-6,11H,2-4,7-9,13H2,1H3. The maximum atomic E-state index is 6.10. The molecule has 0 aliphatic carbocycles. The first-order valence-corrected chi connectivity index (χ1v) is 5.80. The van der Waals surface area contributed by atoms with Gasteiger partial charge in [-0.1, -0.05) is 6.42 Å². The van der Waals surface area contributed by atoms with Gasteiger partial charge >= 0.3 is 0 Å². The van der Waals surface area contributed by atoms with Crippen LogP contribution in [0, 0.1) is 6.92 Å². The van der Waals surface area contributed by atoms with E-state index in [4.69, 9.17) is 10.2 Å². The number of nitrogens with zero attached hydrogens (tertiary/aromatic N) is 1. The van der Waals surface area contributed by atoms with E-state index in [1.165, 1.54) is 32.4 Å².